The fraction of sp³-hybridized carbons (Fsp3) is 0.444. The van der Waals surface area contributed by atoms with Crippen molar-refractivity contribution < 1.29 is 23.5 Å². The van der Waals surface area contributed by atoms with Gasteiger partial charge in [0.2, 0.25) is 5.91 Å². The molecular formula is C27H35ClFN5O4. The average molecular weight is 548 g/mol. The second-order valence-corrected chi connectivity index (χ2v) is 9.87. The van der Waals surface area contributed by atoms with Crippen LogP contribution in [-0.4, -0.2) is 72.5 Å². The monoisotopic (exact) mass is 547 g/mol. The number of urea groups is 1. The number of benzene rings is 2. The van der Waals surface area contributed by atoms with Gasteiger partial charge >= 0.3 is 6.03 Å². The van der Waals surface area contributed by atoms with Gasteiger partial charge in [0.25, 0.3) is 5.91 Å². The Kier molecular flexibility index (Phi) is 10.7. The molecule has 1 heterocycles. The van der Waals surface area contributed by atoms with E-state index in [1.54, 1.807) is 30.3 Å². The van der Waals surface area contributed by atoms with E-state index in [4.69, 9.17) is 16.3 Å². The lowest BCUT2D eigenvalue weighted by molar-refractivity contribution is -0.139. The van der Waals surface area contributed by atoms with Crippen molar-refractivity contribution in [1.29, 1.82) is 0 Å². The molecule has 206 valence electrons. The van der Waals surface area contributed by atoms with Crippen LogP contribution in [0.2, 0.25) is 5.02 Å². The van der Waals surface area contributed by atoms with Crippen molar-refractivity contribution in [3.63, 3.8) is 0 Å². The van der Waals surface area contributed by atoms with E-state index in [2.05, 4.69) is 27.8 Å². The smallest absolute Gasteiger partial charge is 0.315 e. The van der Waals surface area contributed by atoms with Crippen LogP contribution in [0.15, 0.2) is 42.5 Å². The Morgan fingerprint density at radius 1 is 1.00 bits per heavy atom. The summed E-state index contributed by atoms with van der Waals surface area (Å²) in [5, 5.41) is 8.44. The minimum Gasteiger partial charge on any atom is -0.483 e. The fourth-order valence-electron chi connectivity index (χ4n) is 4.29. The van der Waals surface area contributed by atoms with Crippen molar-refractivity contribution in [3.8, 4) is 5.75 Å². The lowest BCUT2D eigenvalue weighted by atomic mass is 10.1. The molecule has 2 aromatic rings. The van der Waals surface area contributed by atoms with Crippen LogP contribution in [0, 0.1) is 5.82 Å². The molecule has 0 bridgehead atoms. The molecule has 0 unspecified atom stereocenters. The number of hydrogen-bond donors (Lipinski definition) is 3. The van der Waals surface area contributed by atoms with Gasteiger partial charge in [0, 0.05) is 68.9 Å². The summed E-state index contributed by atoms with van der Waals surface area (Å²) >= 11 is 6.14. The van der Waals surface area contributed by atoms with Gasteiger partial charge in [0.15, 0.2) is 6.61 Å². The number of carbonyl (C=O) groups excluding carboxylic acids is 3. The maximum atomic E-state index is 13.2. The van der Waals surface area contributed by atoms with Crippen molar-refractivity contribution in [1.82, 2.24) is 25.8 Å². The highest BCUT2D eigenvalue weighted by molar-refractivity contribution is 6.30. The average Bonchev–Trinajstić information content (AvgIpc) is 2.87. The first-order valence-electron chi connectivity index (χ1n) is 12.6. The van der Waals surface area contributed by atoms with Gasteiger partial charge in [-0.25, -0.2) is 9.18 Å². The van der Waals surface area contributed by atoms with Gasteiger partial charge in [0.1, 0.15) is 11.6 Å². The molecule has 3 rings (SSSR count). The van der Waals surface area contributed by atoms with E-state index in [9.17, 15) is 18.8 Å². The number of nitrogens with zero attached hydrogens (tertiary/aromatic N) is 2. The lowest BCUT2D eigenvalue weighted by Gasteiger charge is -2.44. The molecule has 0 aromatic heterocycles. The van der Waals surface area contributed by atoms with Crippen LogP contribution in [-0.2, 0) is 22.7 Å². The van der Waals surface area contributed by atoms with E-state index >= 15 is 0 Å². The van der Waals surface area contributed by atoms with E-state index in [1.165, 1.54) is 19.1 Å². The number of carbonyl (C=O) groups is 3. The van der Waals surface area contributed by atoms with E-state index in [0.717, 1.165) is 5.56 Å². The predicted octanol–water partition coefficient (Wildman–Crippen LogP) is 2.91. The van der Waals surface area contributed by atoms with Crippen molar-refractivity contribution in [2.24, 2.45) is 0 Å². The Labute approximate surface area is 227 Å². The summed E-state index contributed by atoms with van der Waals surface area (Å²) in [4.78, 5) is 40.1. The van der Waals surface area contributed by atoms with Crippen molar-refractivity contribution in [3.05, 3.63) is 64.4 Å². The zero-order valence-corrected chi connectivity index (χ0v) is 22.7. The zero-order chi connectivity index (χ0) is 27.7. The summed E-state index contributed by atoms with van der Waals surface area (Å²) in [5.41, 5.74) is 1.66. The number of nitrogens with one attached hydrogen (secondary N) is 3. The van der Waals surface area contributed by atoms with Crippen LogP contribution in [0.4, 0.5) is 9.18 Å². The first-order valence-corrected chi connectivity index (χ1v) is 13.0. The highest BCUT2D eigenvalue weighted by atomic mass is 35.5. The molecular weight excluding hydrogens is 513 g/mol. The topological polar surface area (TPSA) is 103 Å². The van der Waals surface area contributed by atoms with Crippen LogP contribution in [0.5, 0.6) is 5.75 Å². The van der Waals surface area contributed by atoms with E-state index in [-0.39, 0.29) is 49.4 Å². The molecule has 0 saturated carbocycles. The zero-order valence-electron chi connectivity index (χ0n) is 21.9. The number of amides is 4. The third-order valence-corrected chi connectivity index (χ3v) is 6.57. The van der Waals surface area contributed by atoms with Crippen molar-refractivity contribution in [2.45, 2.75) is 45.9 Å². The summed E-state index contributed by atoms with van der Waals surface area (Å²) in [6.07, 6.45) is 0. The standard InChI is InChI=1S/C27H35ClFN5O4/c1-18-15-34(19(2)14-33(18)16-21-4-7-24(29)8-5-21)26(36)17-38-25-9-6-23(28)12-22(25)13-32-27(37)31-11-10-30-20(3)35/h4-9,12,18-19H,10-11,13-17H2,1-3H3,(H,30,35)(H2,31,32,37)/t18-,19+/m0/s1. The molecule has 1 fully saturated rings. The molecule has 9 nitrogen and oxygen atoms in total. The van der Waals surface area contributed by atoms with Crippen LogP contribution < -0.4 is 20.7 Å². The van der Waals surface area contributed by atoms with Crippen molar-refractivity contribution >= 4 is 29.4 Å². The minimum atomic E-state index is -0.404. The quantitative estimate of drug-likeness (QED) is 0.397. The molecule has 0 spiro atoms. The van der Waals surface area contributed by atoms with E-state index < -0.39 is 6.03 Å². The van der Waals surface area contributed by atoms with Gasteiger partial charge in [-0.3, -0.25) is 14.5 Å². The fourth-order valence-corrected chi connectivity index (χ4v) is 4.49. The molecule has 4 amide bonds. The second kappa shape index (κ2) is 14.0. The Morgan fingerprint density at radius 3 is 2.42 bits per heavy atom. The van der Waals surface area contributed by atoms with Gasteiger partial charge in [-0.1, -0.05) is 23.7 Å². The van der Waals surface area contributed by atoms with Gasteiger partial charge in [-0.15, -0.1) is 0 Å². The Morgan fingerprint density at radius 2 is 1.71 bits per heavy atom. The molecule has 1 saturated heterocycles. The molecule has 38 heavy (non-hydrogen) atoms. The van der Waals surface area contributed by atoms with E-state index in [1.807, 2.05) is 11.8 Å². The van der Waals surface area contributed by atoms with Crippen LogP contribution >= 0.6 is 11.6 Å². The molecule has 2 aromatic carbocycles. The second-order valence-electron chi connectivity index (χ2n) is 9.43. The normalized spacial score (nSPS) is 17.6. The third-order valence-electron chi connectivity index (χ3n) is 6.33. The number of rotatable bonds is 10. The first kappa shape index (κ1) is 29.2. The lowest BCUT2D eigenvalue weighted by Crippen LogP contribution is -2.58. The molecule has 0 radical (unpaired) electrons. The number of ether oxygens (including phenoxy) is 1. The Bertz CT molecular complexity index is 1120. The van der Waals surface area contributed by atoms with Gasteiger partial charge in [0.05, 0.1) is 0 Å². The predicted molar refractivity (Wildman–Crippen MR) is 143 cm³/mol. The van der Waals surface area contributed by atoms with Gasteiger partial charge in [-0.2, -0.15) is 0 Å². The molecule has 11 heteroatoms. The summed E-state index contributed by atoms with van der Waals surface area (Å²) in [5.74, 6) is -0.0994. The number of piperazine rings is 1. The number of halogens is 2. The largest absolute Gasteiger partial charge is 0.483 e. The van der Waals surface area contributed by atoms with Gasteiger partial charge in [-0.05, 0) is 49.7 Å². The first-order chi connectivity index (χ1) is 18.1. The Hall–Kier alpha value is -3.37. The molecule has 3 N–H and O–H groups in total. The molecule has 1 aliphatic heterocycles. The van der Waals surface area contributed by atoms with Crippen LogP contribution in [0.1, 0.15) is 31.9 Å². The number of hydrogen-bond acceptors (Lipinski definition) is 5. The summed E-state index contributed by atoms with van der Waals surface area (Å²) < 4.78 is 19.1. The highest BCUT2D eigenvalue weighted by Crippen LogP contribution is 2.24. The van der Waals surface area contributed by atoms with E-state index in [0.29, 0.717) is 42.5 Å². The molecule has 2 atom stereocenters. The van der Waals surface area contributed by atoms with Crippen LogP contribution in [0.25, 0.3) is 0 Å². The van der Waals surface area contributed by atoms with Crippen molar-refractivity contribution in [2.75, 3.05) is 32.8 Å². The minimum absolute atomic E-state index is 0.0182. The molecule has 1 aliphatic rings. The summed E-state index contributed by atoms with van der Waals surface area (Å²) in [6, 6.07) is 11.2. The maximum Gasteiger partial charge on any atom is 0.315 e. The summed E-state index contributed by atoms with van der Waals surface area (Å²) in [6.45, 7) is 8.02. The van der Waals surface area contributed by atoms with Gasteiger partial charge < -0.3 is 25.6 Å². The SMILES string of the molecule is CC(=O)NCCNC(=O)NCc1cc(Cl)ccc1OCC(=O)N1C[C@H](C)N(Cc2ccc(F)cc2)C[C@H]1C. The highest BCUT2D eigenvalue weighted by Gasteiger charge is 2.32. The third kappa shape index (κ3) is 8.88. The molecule has 0 aliphatic carbocycles. The maximum absolute atomic E-state index is 13.2. The van der Waals surface area contributed by atoms with Crippen LogP contribution in [0.3, 0.4) is 0 Å². The Balaban J connectivity index is 1.51. The summed E-state index contributed by atoms with van der Waals surface area (Å²) in [7, 11) is 0.